The molecule has 0 amide bonds. The third kappa shape index (κ3) is 0.863. The van der Waals surface area contributed by atoms with Crippen LogP contribution in [0.5, 0.6) is 5.75 Å². The number of halogens is 1. The molecule has 0 aliphatic carbocycles. The Morgan fingerprint density at radius 2 is 2.17 bits per heavy atom. The van der Waals surface area contributed by atoms with Crippen LogP contribution in [0.2, 0.25) is 0 Å². The highest BCUT2D eigenvalue weighted by molar-refractivity contribution is 5.81. The van der Waals surface area contributed by atoms with Gasteiger partial charge >= 0.3 is 0 Å². The van der Waals surface area contributed by atoms with Crippen molar-refractivity contribution in [2.75, 3.05) is 7.11 Å². The zero-order valence-corrected chi connectivity index (χ0v) is 6.60. The molecule has 2 aromatic rings. The first-order chi connectivity index (χ1) is 5.83. The predicted molar refractivity (Wildman–Crippen MR) is 44.8 cm³/mol. The summed E-state index contributed by atoms with van der Waals surface area (Å²) in [7, 11) is 1.46. The average molecular weight is 165 g/mol. The molecule has 0 aliphatic rings. The van der Waals surface area contributed by atoms with Crippen LogP contribution in [0.25, 0.3) is 10.9 Å². The molecule has 0 fully saturated rings. The molecule has 0 bridgehead atoms. The summed E-state index contributed by atoms with van der Waals surface area (Å²) < 4.78 is 18.2. The standard InChI is InChI=1S/C9H8FNO/c1-12-8-3-2-7-6(9(8)10)4-5-11-7/h2-5,11H,1H3. The molecule has 0 saturated heterocycles. The summed E-state index contributed by atoms with van der Waals surface area (Å²) in [4.78, 5) is 2.92. The lowest BCUT2D eigenvalue weighted by molar-refractivity contribution is 0.389. The molecule has 1 heterocycles. The summed E-state index contributed by atoms with van der Waals surface area (Å²) in [5, 5.41) is 0.564. The van der Waals surface area contributed by atoms with Gasteiger partial charge in [-0.2, -0.15) is 0 Å². The molecule has 1 N–H and O–H groups in total. The van der Waals surface area contributed by atoms with E-state index in [9.17, 15) is 4.39 Å². The van der Waals surface area contributed by atoms with Crippen LogP contribution < -0.4 is 4.74 Å². The molecule has 0 radical (unpaired) electrons. The van der Waals surface area contributed by atoms with Gasteiger partial charge in [0.2, 0.25) is 0 Å². The van der Waals surface area contributed by atoms with Crippen LogP contribution in [0, 0.1) is 5.82 Å². The fourth-order valence-electron chi connectivity index (χ4n) is 1.23. The Kier molecular flexibility index (Phi) is 1.50. The molecule has 2 rings (SSSR count). The van der Waals surface area contributed by atoms with Crippen molar-refractivity contribution >= 4 is 10.9 Å². The van der Waals surface area contributed by atoms with Crippen molar-refractivity contribution in [2.24, 2.45) is 0 Å². The molecule has 0 aliphatic heterocycles. The number of nitrogens with one attached hydrogen (secondary N) is 1. The first-order valence-corrected chi connectivity index (χ1v) is 3.62. The maximum atomic E-state index is 13.4. The van der Waals surface area contributed by atoms with E-state index < -0.39 is 0 Å². The largest absolute Gasteiger partial charge is 0.494 e. The monoisotopic (exact) mass is 165 g/mol. The van der Waals surface area contributed by atoms with Gasteiger partial charge < -0.3 is 9.72 Å². The summed E-state index contributed by atoms with van der Waals surface area (Å²) in [6.07, 6.45) is 1.70. The number of aromatic nitrogens is 1. The highest BCUT2D eigenvalue weighted by atomic mass is 19.1. The number of benzene rings is 1. The second kappa shape index (κ2) is 2.52. The van der Waals surface area contributed by atoms with Crippen LogP contribution >= 0.6 is 0 Å². The summed E-state index contributed by atoms with van der Waals surface area (Å²) in [5.74, 6) is -0.0293. The average Bonchev–Trinajstić information content (AvgIpc) is 2.53. The maximum absolute atomic E-state index is 13.4. The minimum atomic E-state index is -0.309. The van der Waals surface area contributed by atoms with Gasteiger partial charge in [-0.15, -0.1) is 0 Å². The number of rotatable bonds is 1. The third-order valence-corrected chi connectivity index (χ3v) is 1.85. The Hall–Kier alpha value is -1.51. The molecule has 0 unspecified atom stereocenters. The fraction of sp³-hybridized carbons (Fsp3) is 0.111. The first kappa shape index (κ1) is 7.16. The van der Waals surface area contributed by atoms with E-state index in [1.54, 1.807) is 24.4 Å². The van der Waals surface area contributed by atoms with E-state index in [-0.39, 0.29) is 11.6 Å². The van der Waals surface area contributed by atoms with Crippen LogP contribution in [-0.2, 0) is 0 Å². The van der Waals surface area contributed by atoms with Gasteiger partial charge in [0.05, 0.1) is 7.11 Å². The Balaban J connectivity index is 2.78. The highest BCUT2D eigenvalue weighted by Gasteiger charge is 2.06. The Labute approximate surface area is 69.0 Å². The second-order valence-electron chi connectivity index (χ2n) is 2.52. The van der Waals surface area contributed by atoms with Crippen molar-refractivity contribution in [1.29, 1.82) is 0 Å². The van der Waals surface area contributed by atoms with Gasteiger partial charge in [0.15, 0.2) is 11.6 Å². The van der Waals surface area contributed by atoms with Crippen LogP contribution in [0.3, 0.4) is 0 Å². The Morgan fingerprint density at radius 3 is 2.92 bits per heavy atom. The third-order valence-electron chi connectivity index (χ3n) is 1.85. The minimum absolute atomic E-state index is 0.280. The Bertz CT molecular complexity index is 408. The number of fused-ring (bicyclic) bond motifs is 1. The summed E-state index contributed by atoms with van der Waals surface area (Å²) in [5.41, 5.74) is 0.785. The van der Waals surface area contributed by atoms with E-state index >= 15 is 0 Å². The lowest BCUT2D eigenvalue weighted by Crippen LogP contribution is -1.87. The fourth-order valence-corrected chi connectivity index (χ4v) is 1.23. The van der Waals surface area contributed by atoms with Crippen molar-refractivity contribution in [3.05, 3.63) is 30.2 Å². The van der Waals surface area contributed by atoms with Crippen molar-refractivity contribution in [3.8, 4) is 5.75 Å². The molecule has 1 aromatic heterocycles. The summed E-state index contributed by atoms with van der Waals surface area (Å²) >= 11 is 0. The molecular formula is C9H8FNO. The molecule has 2 nitrogen and oxygen atoms in total. The number of hydrogen-bond donors (Lipinski definition) is 1. The topological polar surface area (TPSA) is 25.0 Å². The lowest BCUT2D eigenvalue weighted by Gasteiger charge is -2.00. The van der Waals surface area contributed by atoms with E-state index in [1.807, 2.05) is 0 Å². The van der Waals surface area contributed by atoms with Crippen molar-refractivity contribution in [1.82, 2.24) is 4.98 Å². The number of hydrogen-bond acceptors (Lipinski definition) is 1. The quantitative estimate of drug-likeness (QED) is 0.689. The molecule has 12 heavy (non-hydrogen) atoms. The SMILES string of the molecule is COc1ccc2[nH]ccc2c1F. The summed E-state index contributed by atoms with van der Waals surface area (Å²) in [6.45, 7) is 0. The predicted octanol–water partition coefficient (Wildman–Crippen LogP) is 2.32. The van der Waals surface area contributed by atoms with Crippen molar-refractivity contribution in [3.63, 3.8) is 0 Å². The summed E-state index contributed by atoms with van der Waals surface area (Å²) in [6, 6.07) is 5.08. The molecule has 0 saturated carbocycles. The van der Waals surface area contributed by atoms with Crippen LogP contribution in [-0.4, -0.2) is 12.1 Å². The van der Waals surface area contributed by atoms with Crippen LogP contribution in [0.4, 0.5) is 4.39 Å². The van der Waals surface area contributed by atoms with Gasteiger partial charge in [-0.05, 0) is 18.2 Å². The van der Waals surface area contributed by atoms with Gasteiger partial charge in [0.25, 0.3) is 0 Å². The van der Waals surface area contributed by atoms with E-state index in [4.69, 9.17) is 4.74 Å². The first-order valence-electron chi connectivity index (χ1n) is 3.62. The number of methoxy groups -OCH3 is 1. The van der Waals surface area contributed by atoms with Crippen LogP contribution in [0.1, 0.15) is 0 Å². The van der Waals surface area contributed by atoms with Gasteiger partial charge in [0.1, 0.15) is 0 Å². The van der Waals surface area contributed by atoms with Crippen LogP contribution in [0.15, 0.2) is 24.4 Å². The van der Waals surface area contributed by atoms with Gasteiger partial charge in [-0.3, -0.25) is 0 Å². The molecule has 0 atom stereocenters. The van der Waals surface area contributed by atoms with E-state index in [0.29, 0.717) is 5.39 Å². The minimum Gasteiger partial charge on any atom is -0.494 e. The molecule has 1 aromatic carbocycles. The van der Waals surface area contributed by atoms with E-state index in [2.05, 4.69) is 4.98 Å². The zero-order chi connectivity index (χ0) is 8.55. The van der Waals surface area contributed by atoms with Crippen molar-refractivity contribution < 1.29 is 9.13 Å². The molecular weight excluding hydrogens is 157 g/mol. The molecule has 0 spiro atoms. The molecule has 62 valence electrons. The smallest absolute Gasteiger partial charge is 0.174 e. The lowest BCUT2D eigenvalue weighted by atomic mass is 10.2. The van der Waals surface area contributed by atoms with Gasteiger partial charge in [0, 0.05) is 17.1 Å². The van der Waals surface area contributed by atoms with E-state index in [0.717, 1.165) is 5.52 Å². The normalized spacial score (nSPS) is 10.5. The number of aromatic amines is 1. The second-order valence-corrected chi connectivity index (χ2v) is 2.52. The van der Waals surface area contributed by atoms with Crippen molar-refractivity contribution in [2.45, 2.75) is 0 Å². The van der Waals surface area contributed by atoms with Gasteiger partial charge in [-0.1, -0.05) is 0 Å². The zero-order valence-electron chi connectivity index (χ0n) is 6.60. The highest BCUT2D eigenvalue weighted by Crippen LogP contribution is 2.24. The maximum Gasteiger partial charge on any atom is 0.174 e. The number of ether oxygens (including phenoxy) is 1. The van der Waals surface area contributed by atoms with Gasteiger partial charge in [-0.25, -0.2) is 4.39 Å². The number of H-pyrrole nitrogens is 1. The van der Waals surface area contributed by atoms with E-state index in [1.165, 1.54) is 7.11 Å². The molecule has 3 heteroatoms. The Morgan fingerprint density at radius 1 is 1.33 bits per heavy atom.